The molecule has 0 saturated carbocycles. The summed E-state index contributed by atoms with van der Waals surface area (Å²) in [6, 6.07) is 3.85. The van der Waals surface area contributed by atoms with Gasteiger partial charge in [-0.3, -0.25) is 4.79 Å². The molecular weight excluding hydrogens is 332 g/mol. The Bertz CT molecular complexity index is 643. The van der Waals surface area contributed by atoms with E-state index in [4.69, 9.17) is 0 Å². The molecule has 118 valence electrons. The van der Waals surface area contributed by atoms with Gasteiger partial charge >= 0.3 is 12.4 Å². The maximum atomic E-state index is 12.7. The van der Waals surface area contributed by atoms with E-state index < -0.39 is 35.1 Å². The largest absolute Gasteiger partial charge is 0.416 e. The fraction of sp³-hybridized carbons (Fsp3) is 0.154. The van der Waals surface area contributed by atoms with Crippen molar-refractivity contribution in [1.82, 2.24) is 0 Å². The monoisotopic (exact) mass is 339 g/mol. The van der Waals surface area contributed by atoms with Crippen LogP contribution in [0.1, 0.15) is 20.8 Å². The summed E-state index contributed by atoms with van der Waals surface area (Å²) in [5.41, 5.74) is -3.53. The number of hydrogen-bond donors (Lipinski definition) is 1. The minimum absolute atomic E-state index is 0.000792. The molecule has 22 heavy (non-hydrogen) atoms. The van der Waals surface area contributed by atoms with Gasteiger partial charge in [-0.2, -0.15) is 26.3 Å². The number of amides is 1. The number of benzene rings is 1. The number of rotatable bonds is 2. The molecule has 0 bridgehead atoms. The molecule has 2 rings (SSSR count). The van der Waals surface area contributed by atoms with Gasteiger partial charge in [-0.15, -0.1) is 11.3 Å². The zero-order chi connectivity index (χ0) is 16.5. The lowest BCUT2D eigenvalue weighted by atomic mass is 10.1. The standard InChI is InChI=1S/C13H7F6NOS/c14-12(15,16)7-4-8(13(17,18)19)6-9(5-7)20-11(21)10-2-1-3-22-10/h1-6H,(H,20,21). The molecule has 0 aliphatic heterocycles. The Kier molecular flexibility index (Phi) is 4.19. The fourth-order valence-electron chi connectivity index (χ4n) is 1.63. The molecule has 0 atom stereocenters. The highest BCUT2D eigenvalue weighted by Gasteiger charge is 2.37. The SMILES string of the molecule is O=C(Nc1cc(C(F)(F)F)cc(C(F)(F)F)c1)c1cccs1. The lowest BCUT2D eigenvalue weighted by Crippen LogP contribution is -2.15. The Morgan fingerprint density at radius 3 is 1.91 bits per heavy atom. The van der Waals surface area contributed by atoms with Crippen molar-refractivity contribution in [2.24, 2.45) is 0 Å². The molecule has 2 aromatic rings. The van der Waals surface area contributed by atoms with Gasteiger partial charge < -0.3 is 5.32 Å². The van der Waals surface area contributed by atoms with Crippen molar-refractivity contribution >= 4 is 22.9 Å². The molecule has 0 spiro atoms. The quantitative estimate of drug-likeness (QED) is 0.763. The van der Waals surface area contributed by atoms with Gasteiger partial charge in [0.05, 0.1) is 16.0 Å². The molecule has 1 amide bonds. The number of nitrogens with one attached hydrogen (secondary N) is 1. The van der Waals surface area contributed by atoms with E-state index in [1.54, 1.807) is 5.38 Å². The van der Waals surface area contributed by atoms with E-state index in [1.807, 2.05) is 5.32 Å². The van der Waals surface area contributed by atoms with Gasteiger partial charge in [0.15, 0.2) is 0 Å². The van der Waals surface area contributed by atoms with E-state index in [9.17, 15) is 31.1 Å². The molecule has 9 heteroatoms. The zero-order valence-corrected chi connectivity index (χ0v) is 11.4. The lowest BCUT2D eigenvalue weighted by Gasteiger charge is -2.14. The van der Waals surface area contributed by atoms with E-state index in [1.165, 1.54) is 12.1 Å². The van der Waals surface area contributed by atoms with E-state index in [2.05, 4.69) is 0 Å². The maximum Gasteiger partial charge on any atom is 0.416 e. The highest BCUT2D eigenvalue weighted by atomic mass is 32.1. The highest BCUT2D eigenvalue weighted by Crippen LogP contribution is 2.37. The van der Waals surface area contributed by atoms with Crippen LogP contribution in [0.3, 0.4) is 0 Å². The number of hydrogen-bond acceptors (Lipinski definition) is 2. The summed E-state index contributed by atoms with van der Waals surface area (Å²) in [6.07, 6.45) is -9.91. The molecule has 1 aromatic heterocycles. The van der Waals surface area contributed by atoms with Crippen LogP contribution in [0.4, 0.5) is 32.0 Å². The second kappa shape index (κ2) is 5.64. The first-order chi connectivity index (χ1) is 10.1. The van der Waals surface area contributed by atoms with Gasteiger partial charge in [-0.1, -0.05) is 6.07 Å². The summed E-state index contributed by atoms with van der Waals surface area (Å²) in [7, 11) is 0. The van der Waals surface area contributed by atoms with Crippen LogP contribution in [-0.2, 0) is 12.4 Å². The number of carbonyl (C=O) groups excluding carboxylic acids is 1. The van der Waals surface area contributed by atoms with Crippen molar-refractivity contribution in [3.8, 4) is 0 Å². The van der Waals surface area contributed by atoms with Gasteiger partial charge in [0.2, 0.25) is 0 Å². The van der Waals surface area contributed by atoms with Crippen LogP contribution in [0, 0.1) is 0 Å². The molecule has 0 fully saturated rings. The van der Waals surface area contributed by atoms with Crippen LogP contribution in [0.15, 0.2) is 35.7 Å². The van der Waals surface area contributed by atoms with Gasteiger partial charge in [-0.25, -0.2) is 0 Å². The predicted molar refractivity (Wildman–Crippen MR) is 68.7 cm³/mol. The molecule has 0 radical (unpaired) electrons. The average molecular weight is 339 g/mol. The van der Waals surface area contributed by atoms with E-state index in [-0.39, 0.29) is 10.9 Å². The third kappa shape index (κ3) is 3.79. The summed E-state index contributed by atoms with van der Waals surface area (Å²) < 4.78 is 76.0. The third-order valence-corrected chi connectivity index (χ3v) is 3.46. The molecule has 0 unspecified atom stereocenters. The maximum absolute atomic E-state index is 12.7. The number of thiophene rings is 1. The second-order valence-corrected chi connectivity index (χ2v) is 5.17. The Balaban J connectivity index is 2.40. The third-order valence-electron chi connectivity index (χ3n) is 2.59. The van der Waals surface area contributed by atoms with Crippen LogP contribution in [0.2, 0.25) is 0 Å². The molecule has 1 N–H and O–H groups in total. The van der Waals surface area contributed by atoms with Crippen molar-refractivity contribution in [2.45, 2.75) is 12.4 Å². The van der Waals surface area contributed by atoms with E-state index in [0.717, 1.165) is 11.3 Å². The zero-order valence-electron chi connectivity index (χ0n) is 10.5. The topological polar surface area (TPSA) is 29.1 Å². The van der Waals surface area contributed by atoms with Crippen molar-refractivity contribution in [2.75, 3.05) is 5.32 Å². The Morgan fingerprint density at radius 1 is 0.955 bits per heavy atom. The van der Waals surface area contributed by atoms with Gasteiger partial charge in [0.1, 0.15) is 0 Å². The average Bonchev–Trinajstić information content (AvgIpc) is 2.90. The van der Waals surface area contributed by atoms with Crippen LogP contribution in [-0.4, -0.2) is 5.91 Å². The minimum atomic E-state index is -4.95. The number of carbonyl (C=O) groups is 1. The van der Waals surface area contributed by atoms with E-state index >= 15 is 0 Å². The molecule has 2 nitrogen and oxygen atoms in total. The number of halogens is 6. The Morgan fingerprint density at radius 2 is 1.50 bits per heavy atom. The van der Waals surface area contributed by atoms with Gasteiger partial charge in [-0.05, 0) is 29.6 Å². The Hall–Kier alpha value is -2.03. The van der Waals surface area contributed by atoms with Gasteiger partial charge in [0.25, 0.3) is 5.91 Å². The van der Waals surface area contributed by atoms with Crippen molar-refractivity contribution in [3.05, 3.63) is 51.7 Å². The van der Waals surface area contributed by atoms with Crippen LogP contribution in [0.25, 0.3) is 0 Å². The predicted octanol–water partition coefficient (Wildman–Crippen LogP) is 5.04. The lowest BCUT2D eigenvalue weighted by molar-refractivity contribution is -0.143. The van der Waals surface area contributed by atoms with Crippen molar-refractivity contribution < 1.29 is 31.1 Å². The molecule has 0 aliphatic rings. The summed E-state index contributed by atoms with van der Waals surface area (Å²) in [4.78, 5) is 11.9. The van der Waals surface area contributed by atoms with Gasteiger partial charge in [0, 0.05) is 5.69 Å². The summed E-state index contributed by atoms with van der Waals surface area (Å²) in [6.45, 7) is 0. The van der Waals surface area contributed by atoms with Crippen LogP contribution < -0.4 is 5.32 Å². The van der Waals surface area contributed by atoms with Crippen molar-refractivity contribution in [1.29, 1.82) is 0 Å². The van der Waals surface area contributed by atoms with E-state index in [0.29, 0.717) is 12.1 Å². The number of alkyl halides is 6. The summed E-state index contributed by atoms with van der Waals surface area (Å²) >= 11 is 1.01. The number of anilines is 1. The Labute approximate surface area is 124 Å². The molecule has 0 aliphatic carbocycles. The van der Waals surface area contributed by atoms with Crippen molar-refractivity contribution in [3.63, 3.8) is 0 Å². The first-order valence-electron chi connectivity index (χ1n) is 5.72. The second-order valence-electron chi connectivity index (χ2n) is 4.23. The molecular formula is C13H7F6NOS. The first-order valence-corrected chi connectivity index (χ1v) is 6.59. The summed E-state index contributed by atoms with van der Waals surface area (Å²) in [5, 5.41) is 3.60. The van der Waals surface area contributed by atoms with Crippen LogP contribution in [0.5, 0.6) is 0 Å². The fourth-order valence-corrected chi connectivity index (χ4v) is 2.25. The first kappa shape index (κ1) is 16.3. The van der Waals surface area contributed by atoms with Crippen LogP contribution >= 0.6 is 11.3 Å². The molecule has 1 heterocycles. The normalized spacial score (nSPS) is 12.3. The minimum Gasteiger partial charge on any atom is -0.321 e. The molecule has 1 aromatic carbocycles. The smallest absolute Gasteiger partial charge is 0.321 e. The summed E-state index contributed by atoms with van der Waals surface area (Å²) in [5.74, 6) is -0.776. The highest BCUT2D eigenvalue weighted by molar-refractivity contribution is 7.12. The molecule has 0 saturated heterocycles.